The lowest BCUT2D eigenvalue weighted by atomic mass is 10.2. The average molecular weight is 404 g/mol. The highest BCUT2D eigenvalue weighted by Gasteiger charge is 2.12. The number of amides is 2. The highest BCUT2D eigenvalue weighted by Crippen LogP contribution is 2.14. The van der Waals surface area contributed by atoms with Crippen molar-refractivity contribution in [3.63, 3.8) is 0 Å². The van der Waals surface area contributed by atoms with Gasteiger partial charge in [0.25, 0.3) is 0 Å². The molecule has 0 aromatic heterocycles. The summed E-state index contributed by atoms with van der Waals surface area (Å²) in [4.78, 5) is 28.0. The van der Waals surface area contributed by atoms with Gasteiger partial charge in [0.15, 0.2) is 11.6 Å². The largest absolute Gasteiger partial charge is 0.378 e. The van der Waals surface area contributed by atoms with Crippen molar-refractivity contribution in [3.8, 4) is 0 Å². The third kappa shape index (κ3) is 7.15. The molecule has 0 atom stereocenters. The molecule has 0 spiro atoms. The number of carbonyl (C=O) groups is 2. The van der Waals surface area contributed by atoms with Crippen LogP contribution in [-0.4, -0.2) is 50.4 Å². The second-order valence-corrected chi connectivity index (χ2v) is 6.82. The smallest absolute Gasteiger partial charge is 0.243 e. The highest BCUT2D eigenvalue weighted by molar-refractivity contribution is 5.94. The van der Waals surface area contributed by atoms with Gasteiger partial charge in [0.05, 0.1) is 13.1 Å². The highest BCUT2D eigenvalue weighted by atomic mass is 19.2. The predicted octanol–water partition coefficient (Wildman–Crippen LogP) is 2.61. The average Bonchev–Trinajstić information content (AvgIpc) is 2.69. The van der Waals surface area contributed by atoms with E-state index in [9.17, 15) is 18.4 Å². The van der Waals surface area contributed by atoms with Gasteiger partial charge < -0.3 is 15.5 Å². The van der Waals surface area contributed by atoms with Crippen molar-refractivity contribution in [3.05, 3.63) is 59.7 Å². The maximum atomic E-state index is 13.2. The fourth-order valence-corrected chi connectivity index (χ4v) is 2.65. The van der Waals surface area contributed by atoms with Crippen LogP contribution >= 0.6 is 0 Å². The summed E-state index contributed by atoms with van der Waals surface area (Å²) in [6, 6.07) is 11.1. The van der Waals surface area contributed by atoms with Crippen LogP contribution in [0.1, 0.15) is 12.5 Å². The Labute approximate surface area is 169 Å². The number of carbonyl (C=O) groups excluding carboxylic acids is 2. The molecule has 2 amide bonds. The lowest BCUT2D eigenvalue weighted by molar-refractivity contribution is -0.125. The molecule has 0 unspecified atom stereocenters. The van der Waals surface area contributed by atoms with Crippen molar-refractivity contribution in [1.82, 2.24) is 10.2 Å². The number of nitrogens with zero attached hydrogens (tertiary/aromatic N) is 2. The fourth-order valence-electron chi connectivity index (χ4n) is 2.65. The molecule has 0 bridgehead atoms. The topological polar surface area (TPSA) is 64.7 Å². The van der Waals surface area contributed by atoms with Crippen molar-refractivity contribution in [1.29, 1.82) is 0 Å². The Morgan fingerprint density at radius 3 is 2.24 bits per heavy atom. The Balaban J connectivity index is 1.80. The van der Waals surface area contributed by atoms with Gasteiger partial charge in [-0.3, -0.25) is 14.5 Å². The zero-order chi connectivity index (χ0) is 21.4. The third-order valence-electron chi connectivity index (χ3n) is 4.32. The van der Waals surface area contributed by atoms with E-state index < -0.39 is 17.5 Å². The number of likely N-dealkylation sites (N-methyl/N-ethyl adjacent to an activating group) is 1. The molecule has 0 fully saturated rings. The molecule has 2 aromatic carbocycles. The van der Waals surface area contributed by atoms with E-state index in [1.54, 1.807) is 0 Å². The van der Waals surface area contributed by atoms with Gasteiger partial charge in [-0.25, -0.2) is 8.78 Å². The summed E-state index contributed by atoms with van der Waals surface area (Å²) in [6.07, 6.45) is 0. The second kappa shape index (κ2) is 10.5. The van der Waals surface area contributed by atoms with E-state index in [1.165, 1.54) is 6.07 Å². The molecule has 0 saturated carbocycles. The molecule has 2 rings (SSSR count). The third-order valence-corrected chi connectivity index (χ3v) is 4.32. The van der Waals surface area contributed by atoms with Gasteiger partial charge in [0, 0.05) is 38.1 Å². The zero-order valence-corrected chi connectivity index (χ0v) is 16.8. The van der Waals surface area contributed by atoms with Gasteiger partial charge in [-0.15, -0.1) is 0 Å². The summed E-state index contributed by atoms with van der Waals surface area (Å²) in [7, 11) is 3.95. The standard InChI is InChI=1S/C21H26F2N4O2/c1-4-27(13-15-5-8-17(9-6-15)26(2)3)14-21(29)24-12-20(28)25-16-7-10-18(22)19(23)11-16/h5-11H,4,12-14H2,1-3H3,(H,24,29)(H,25,28). The number of rotatable bonds is 9. The van der Waals surface area contributed by atoms with Crippen LogP contribution in [0.25, 0.3) is 0 Å². The Kier molecular flexibility index (Phi) is 8.09. The van der Waals surface area contributed by atoms with E-state index in [-0.39, 0.29) is 24.7 Å². The van der Waals surface area contributed by atoms with Crippen molar-refractivity contribution in [2.45, 2.75) is 13.5 Å². The lowest BCUT2D eigenvalue weighted by Gasteiger charge is -2.20. The molecule has 0 saturated heterocycles. The van der Waals surface area contributed by atoms with E-state index in [4.69, 9.17) is 0 Å². The number of halogens is 2. The van der Waals surface area contributed by atoms with E-state index in [1.807, 2.05) is 55.1 Å². The van der Waals surface area contributed by atoms with Crippen LogP contribution in [0.5, 0.6) is 0 Å². The molecule has 6 nitrogen and oxygen atoms in total. The molecular formula is C21H26F2N4O2. The van der Waals surface area contributed by atoms with Gasteiger partial charge in [0.2, 0.25) is 11.8 Å². The zero-order valence-electron chi connectivity index (χ0n) is 16.8. The van der Waals surface area contributed by atoms with Crippen molar-refractivity contribution < 1.29 is 18.4 Å². The quantitative estimate of drug-likeness (QED) is 0.674. The molecule has 0 aliphatic carbocycles. The number of anilines is 2. The minimum Gasteiger partial charge on any atom is -0.378 e. The Morgan fingerprint density at radius 2 is 1.66 bits per heavy atom. The van der Waals surface area contributed by atoms with E-state index in [0.29, 0.717) is 13.1 Å². The fraction of sp³-hybridized carbons (Fsp3) is 0.333. The minimum atomic E-state index is -1.05. The van der Waals surface area contributed by atoms with Crippen molar-refractivity contribution in [2.75, 3.05) is 43.9 Å². The first-order valence-electron chi connectivity index (χ1n) is 9.28. The maximum absolute atomic E-state index is 13.2. The number of nitrogens with one attached hydrogen (secondary N) is 2. The molecule has 156 valence electrons. The summed E-state index contributed by atoms with van der Waals surface area (Å²) < 4.78 is 26.1. The molecule has 8 heteroatoms. The second-order valence-electron chi connectivity index (χ2n) is 6.82. The molecule has 0 radical (unpaired) electrons. The number of hydrogen-bond donors (Lipinski definition) is 2. The molecule has 0 aliphatic rings. The SMILES string of the molecule is CCN(CC(=O)NCC(=O)Nc1ccc(F)c(F)c1)Cc1ccc(N(C)C)cc1. The Bertz CT molecular complexity index is 841. The van der Waals surface area contributed by atoms with E-state index >= 15 is 0 Å². The van der Waals surface area contributed by atoms with Crippen LogP contribution in [0.3, 0.4) is 0 Å². The van der Waals surface area contributed by atoms with Crippen LogP contribution in [0.2, 0.25) is 0 Å². The van der Waals surface area contributed by atoms with Crippen LogP contribution in [0, 0.1) is 11.6 Å². The van der Waals surface area contributed by atoms with Gasteiger partial charge in [-0.05, 0) is 36.4 Å². The summed E-state index contributed by atoms with van der Waals surface area (Å²) >= 11 is 0. The first-order valence-corrected chi connectivity index (χ1v) is 9.28. The van der Waals surface area contributed by atoms with Gasteiger partial charge in [-0.2, -0.15) is 0 Å². The van der Waals surface area contributed by atoms with Crippen LogP contribution in [0.4, 0.5) is 20.2 Å². The number of benzene rings is 2. The molecule has 2 N–H and O–H groups in total. The summed E-state index contributed by atoms with van der Waals surface area (Å²) in [6.45, 7) is 3.12. The number of hydrogen-bond acceptors (Lipinski definition) is 4. The van der Waals surface area contributed by atoms with Gasteiger partial charge in [0.1, 0.15) is 0 Å². The van der Waals surface area contributed by atoms with Crippen molar-refractivity contribution >= 4 is 23.2 Å². The lowest BCUT2D eigenvalue weighted by Crippen LogP contribution is -2.40. The normalized spacial score (nSPS) is 10.7. The van der Waals surface area contributed by atoms with E-state index in [0.717, 1.165) is 23.4 Å². The first kappa shape index (κ1) is 22.3. The summed E-state index contributed by atoms with van der Waals surface area (Å²) in [5.41, 5.74) is 2.31. The van der Waals surface area contributed by atoms with Crippen LogP contribution in [-0.2, 0) is 16.1 Å². The Morgan fingerprint density at radius 1 is 0.966 bits per heavy atom. The predicted molar refractivity (Wildman–Crippen MR) is 110 cm³/mol. The van der Waals surface area contributed by atoms with Crippen LogP contribution in [0.15, 0.2) is 42.5 Å². The van der Waals surface area contributed by atoms with Crippen molar-refractivity contribution in [2.24, 2.45) is 0 Å². The van der Waals surface area contributed by atoms with Gasteiger partial charge >= 0.3 is 0 Å². The molecule has 0 heterocycles. The van der Waals surface area contributed by atoms with Gasteiger partial charge in [-0.1, -0.05) is 19.1 Å². The molecule has 29 heavy (non-hydrogen) atoms. The maximum Gasteiger partial charge on any atom is 0.243 e. The molecule has 2 aromatic rings. The molecule has 0 aliphatic heterocycles. The summed E-state index contributed by atoms with van der Waals surface area (Å²) in [5, 5.41) is 4.95. The van der Waals surface area contributed by atoms with Crippen LogP contribution < -0.4 is 15.5 Å². The summed E-state index contributed by atoms with van der Waals surface area (Å²) in [5.74, 6) is -2.86. The first-order chi connectivity index (χ1) is 13.8. The molecular weight excluding hydrogens is 378 g/mol. The van der Waals surface area contributed by atoms with E-state index in [2.05, 4.69) is 10.6 Å². The minimum absolute atomic E-state index is 0.125. The Hall–Kier alpha value is -3.00. The monoisotopic (exact) mass is 404 g/mol.